The monoisotopic (exact) mass is 727 g/mol. The standard InChI is InChI=1S/C44H27Br2N/c45-32-24-34-35-25-33(46)27-39-41(35)47-40(34)38(26-32)43(28-14-5-1-6-15-28,29-16-7-2-8-17-29)36-22-13-23-37(42(36)47)44(39,30-18-9-3-10-19-30)31-20-11-4-12-21-31/h1-27H. The largest absolute Gasteiger partial charge is 0.308 e. The molecule has 1 aromatic heterocycles. The Hall–Kier alpha value is -4.70. The Morgan fingerprint density at radius 3 is 1.04 bits per heavy atom. The number of hydrogen-bond donors (Lipinski definition) is 0. The van der Waals surface area contributed by atoms with Crippen molar-refractivity contribution < 1.29 is 0 Å². The first-order valence-corrected chi connectivity index (χ1v) is 17.6. The SMILES string of the molecule is Brc1cc2c3c(c1)c1cc(Br)cc4c1n3-c1c(cccc1C4(c1ccccc1)c1ccccc1)C2(c1ccccc1)c1ccccc1. The molecule has 7 aromatic carbocycles. The lowest BCUT2D eigenvalue weighted by Crippen LogP contribution is -2.41. The fraction of sp³-hybridized carbons (Fsp3) is 0.0455. The van der Waals surface area contributed by atoms with Gasteiger partial charge in [0.1, 0.15) is 0 Å². The summed E-state index contributed by atoms with van der Waals surface area (Å²) in [5.41, 5.74) is 12.9. The van der Waals surface area contributed by atoms with Crippen molar-refractivity contribution >= 4 is 53.7 Å². The number of benzene rings is 7. The van der Waals surface area contributed by atoms with Gasteiger partial charge in [-0.25, -0.2) is 0 Å². The molecule has 0 N–H and O–H groups in total. The van der Waals surface area contributed by atoms with Crippen LogP contribution in [0.1, 0.15) is 44.5 Å². The van der Waals surface area contributed by atoms with Gasteiger partial charge in [-0.1, -0.05) is 171 Å². The lowest BCUT2D eigenvalue weighted by Gasteiger charge is -2.47. The van der Waals surface area contributed by atoms with Crippen molar-refractivity contribution in [3.05, 3.63) is 217 Å². The van der Waals surface area contributed by atoms with Crippen molar-refractivity contribution in [3.63, 3.8) is 0 Å². The van der Waals surface area contributed by atoms with Crippen molar-refractivity contribution in [2.45, 2.75) is 10.8 Å². The van der Waals surface area contributed by atoms with E-state index in [-0.39, 0.29) is 0 Å². The van der Waals surface area contributed by atoms with Crippen LogP contribution in [-0.4, -0.2) is 4.57 Å². The van der Waals surface area contributed by atoms with E-state index in [1.54, 1.807) is 0 Å². The molecule has 0 saturated carbocycles. The van der Waals surface area contributed by atoms with Crippen LogP contribution in [0.25, 0.3) is 27.5 Å². The second-order valence-corrected chi connectivity index (χ2v) is 14.5. The minimum absolute atomic E-state index is 0.561. The highest BCUT2D eigenvalue weighted by Crippen LogP contribution is 2.62. The Bertz CT molecular complexity index is 2270. The molecule has 3 heteroatoms. The van der Waals surface area contributed by atoms with Crippen LogP contribution in [0.2, 0.25) is 0 Å². The molecule has 0 amide bonds. The molecular formula is C44H27Br2N. The number of fused-ring (bicyclic) bond motifs is 1. The summed E-state index contributed by atoms with van der Waals surface area (Å²) in [6.45, 7) is 0. The molecule has 3 heterocycles. The Morgan fingerprint density at radius 1 is 0.362 bits per heavy atom. The average Bonchev–Trinajstić information content (AvgIpc) is 3.45. The van der Waals surface area contributed by atoms with E-state index in [1.807, 2.05) is 0 Å². The molecule has 0 unspecified atom stereocenters. The van der Waals surface area contributed by atoms with Crippen molar-refractivity contribution in [3.8, 4) is 5.69 Å². The molecule has 0 fully saturated rings. The van der Waals surface area contributed by atoms with Crippen molar-refractivity contribution in [2.75, 3.05) is 0 Å². The predicted octanol–water partition coefficient (Wildman–Crippen LogP) is 11.7. The summed E-state index contributed by atoms with van der Waals surface area (Å²) in [5, 5.41) is 2.50. The van der Waals surface area contributed by atoms with Gasteiger partial charge in [-0.05, 0) is 68.8 Å². The fourth-order valence-corrected chi connectivity index (χ4v) is 9.92. The van der Waals surface area contributed by atoms with Gasteiger partial charge in [0.2, 0.25) is 0 Å². The molecule has 0 spiro atoms. The maximum absolute atomic E-state index is 4.00. The second kappa shape index (κ2) is 9.90. The van der Waals surface area contributed by atoms with E-state index in [1.165, 1.54) is 72.0 Å². The Balaban J connectivity index is 1.55. The maximum atomic E-state index is 4.00. The summed E-state index contributed by atoms with van der Waals surface area (Å²) in [5.74, 6) is 0. The maximum Gasteiger partial charge on any atom is 0.0743 e. The molecule has 0 saturated heterocycles. The quantitative estimate of drug-likeness (QED) is 0.170. The van der Waals surface area contributed by atoms with E-state index in [9.17, 15) is 0 Å². The third-order valence-corrected chi connectivity index (χ3v) is 11.5. The highest BCUT2D eigenvalue weighted by molar-refractivity contribution is 9.10. The number of para-hydroxylation sites is 1. The van der Waals surface area contributed by atoms with Gasteiger partial charge in [0.15, 0.2) is 0 Å². The Labute approximate surface area is 290 Å². The van der Waals surface area contributed by atoms with Crippen LogP contribution < -0.4 is 0 Å². The van der Waals surface area contributed by atoms with Crippen LogP contribution in [-0.2, 0) is 10.8 Å². The van der Waals surface area contributed by atoms with Gasteiger partial charge in [-0.15, -0.1) is 0 Å². The van der Waals surface area contributed by atoms with Crippen molar-refractivity contribution in [2.24, 2.45) is 0 Å². The number of halogens is 2. The van der Waals surface area contributed by atoms with E-state index in [0.717, 1.165) is 8.95 Å². The first-order chi connectivity index (χ1) is 23.1. The summed E-state index contributed by atoms with van der Waals surface area (Å²) >= 11 is 8.01. The van der Waals surface area contributed by atoms with E-state index in [0.29, 0.717) is 0 Å². The smallest absolute Gasteiger partial charge is 0.0743 e. The Morgan fingerprint density at radius 2 is 0.702 bits per heavy atom. The van der Waals surface area contributed by atoms with Gasteiger partial charge in [-0.2, -0.15) is 0 Å². The first kappa shape index (κ1) is 27.4. The topological polar surface area (TPSA) is 4.93 Å². The van der Waals surface area contributed by atoms with Gasteiger partial charge in [0.25, 0.3) is 0 Å². The van der Waals surface area contributed by atoms with Crippen LogP contribution in [0, 0.1) is 0 Å². The zero-order valence-corrected chi connectivity index (χ0v) is 28.5. The molecule has 1 nitrogen and oxygen atoms in total. The predicted molar refractivity (Wildman–Crippen MR) is 200 cm³/mol. The molecule has 2 aliphatic rings. The molecule has 222 valence electrons. The number of hydrogen-bond acceptors (Lipinski definition) is 0. The van der Waals surface area contributed by atoms with Crippen molar-refractivity contribution in [1.82, 2.24) is 4.57 Å². The van der Waals surface area contributed by atoms with Crippen LogP contribution in [0.4, 0.5) is 0 Å². The van der Waals surface area contributed by atoms with E-state index in [2.05, 4.69) is 200 Å². The van der Waals surface area contributed by atoms with Gasteiger partial charge in [-0.3, -0.25) is 0 Å². The molecule has 10 rings (SSSR count). The average molecular weight is 730 g/mol. The summed E-state index contributed by atoms with van der Waals surface area (Å²) in [6.07, 6.45) is 0. The minimum Gasteiger partial charge on any atom is -0.308 e. The summed E-state index contributed by atoms with van der Waals surface area (Å²) in [6, 6.07) is 60.9. The summed E-state index contributed by atoms with van der Waals surface area (Å²) < 4.78 is 4.76. The second-order valence-electron chi connectivity index (χ2n) is 12.7. The molecule has 2 aliphatic heterocycles. The van der Waals surface area contributed by atoms with E-state index in [4.69, 9.17) is 0 Å². The van der Waals surface area contributed by atoms with Gasteiger partial charge in [0, 0.05) is 19.7 Å². The zero-order valence-electron chi connectivity index (χ0n) is 25.3. The fourth-order valence-electron chi connectivity index (χ4n) is 9.01. The molecule has 0 atom stereocenters. The third kappa shape index (κ3) is 3.38. The lowest BCUT2D eigenvalue weighted by molar-refractivity contribution is 0.683. The summed E-state index contributed by atoms with van der Waals surface area (Å²) in [4.78, 5) is 0. The molecule has 0 bridgehead atoms. The number of aromatic nitrogens is 1. The zero-order chi connectivity index (χ0) is 31.3. The van der Waals surface area contributed by atoms with Gasteiger partial charge < -0.3 is 4.57 Å². The number of rotatable bonds is 4. The molecule has 8 aromatic rings. The third-order valence-electron chi connectivity index (χ3n) is 10.6. The summed E-state index contributed by atoms with van der Waals surface area (Å²) in [7, 11) is 0. The minimum atomic E-state index is -0.561. The van der Waals surface area contributed by atoms with Crippen LogP contribution in [0.3, 0.4) is 0 Å². The molecular weight excluding hydrogens is 702 g/mol. The van der Waals surface area contributed by atoms with Crippen LogP contribution in [0.15, 0.2) is 173 Å². The lowest BCUT2D eigenvalue weighted by atomic mass is 9.58. The van der Waals surface area contributed by atoms with Crippen molar-refractivity contribution in [1.29, 1.82) is 0 Å². The van der Waals surface area contributed by atoms with E-state index >= 15 is 0 Å². The van der Waals surface area contributed by atoms with E-state index < -0.39 is 10.8 Å². The first-order valence-electron chi connectivity index (χ1n) is 16.0. The highest BCUT2D eigenvalue weighted by Gasteiger charge is 2.52. The van der Waals surface area contributed by atoms with Crippen LogP contribution in [0.5, 0.6) is 0 Å². The molecule has 47 heavy (non-hydrogen) atoms. The normalized spacial score (nSPS) is 14.9. The van der Waals surface area contributed by atoms with Gasteiger partial charge in [0.05, 0.1) is 27.6 Å². The Kier molecular flexibility index (Phi) is 5.78. The molecule has 0 aliphatic carbocycles. The molecule has 0 radical (unpaired) electrons. The van der Waals surface area contributed by atoms with Crippen LogP contribution >= 0.6 is 31.9 Å². The highest BCUT2D eigenvalue weighted by atomic mass is 79.9. The van der Waals surface area contributed by atoms with Gasteiger partial charge >= 0.3 is 0 Å². The number of nitrogens with zero attached hydrogens (tertiary/aromatic N) is 1.